The van der Waals surface area contributed by atoms with Gasteiger partial charge < -0.3 is 14.4 Å². The highest BCUT2D eigenvalue weighted by molar-refractivity contribution is 6.52. The maximum absolute atomic E-state index is 12.5. The van der Waals surface area contributed by atoms with Gasteiger partial charge in [-0.25, -0.2) is 4.98 Å². The molecule has 0 aliphatic carbocycles. The number of pyridine rings is 1. The van der Waals surface area contributed by atoms with Gasteiger partial charge in [0.05, 0.1) is 28.8 Å². The number of amides is 1. The lowest BCUT2D eigenvalue weighted by molar-refractivity contribution is -0.141. The standard InChI is InChI=1S/C12H12Cl4N2O4/c1-21-4-3-18(5-6(19)22-2)12(20)10-8(14)7(13)9(15)11(16)17-10/h3-5H2,1-2H3. The molecule has 6 nitrogen and oxygen atoms in total. The smallest absolute Gasteiger partial charge is 0.325 e. The van der Waals surface area contributed by atoms with Crippen LogP contribution in [0.3, 0.4) is 0 Å². The van der Waals surface area contributed by atoms with E-state index in [1.807, 2.05) is 0 Å². The highest BCUT2D eigenvalue weighted by Gasteiger charge is 2.26. The van der Waals surface area contributed by atoms with E-state index in [0.717, 1.165) is 4.90 Å². The molecule has 10 heteroatoms. The van der Waals surface area contributed by atoms with Crippen molar-refractivity contribution in [1.29, 1.82) is 0 Å². The first-order valence-corrected chi connectivity index (χ1v) is 7.39. The van der Waals surface area contributed by atoms with Gasteiger partial charge in [-0.3, -0.25) is 9.59 Å². The molecular formula is C12H12Cl4N2O4. The van der Waals surface area contributed by atoms with Crippen LogP contribution in [0, 0.1) is 0 Å². The fourth-order valence-electron chi connectivity index (χ4n) is 1.45. The average Bonchev–Trinajstić information content (AvgIpc) is 2.51. The Bertz CT molecular complexity index is 583. The van der Waals surface area contributed by atoms with Crippen LogP contribution in [-0.2, 0) is 14.3 Å². The van der Waals surface area contributed by atoms with Crippen LogP contribution >= 0.6 is 46.4 Å². The van der Waals surface area contributed by atoms with Crippen LogP contribution in [0.25, 0.3) is 0 Å². The van der Waals surface area contributed by atoms with E-state index >= 15 is 0 Å². The molecule has 1 heterocycles. The van der Waals surface area contributed by atoms with Gasteiger partial charge in [-0.2, -0.15) is 0 Å². The number of hydrogen-bond donors (Lipinski definition) is 0. The van der Waals surface area contributed by atoms with E-state index in [9.17, 15) is 9.59 Å². The van der Waals surface area contributed by atoms with Gasteiger partial charge in [-0.1, -0.05) is 46.4 Å². The Morgan fingerprint density at radius 3 is 2.27 bits per heavy atom. The number of nitrogens with zero attached hydrogens (tertiary/aromatic N) is 2. The lowest BCUT2D eigenvalue weighted by Gasteiger charge is -2.21. The molecule has 22 heavy (non-hydrogen) atoms. The summed E-state index contributed by atoms with van der Waals surface area (Å²) in [4.78, 5) is 28.9. The van der Waals surface area contributed by atoms with Crippen molar-refractivity contribution < 1.29 is 19.1 Å². The molecule has 0 spiro atoms. The van der Waals surface area contributed by atoms with E-state index in [1.54, 1.807) is 0 Å². The zero-order chi connectivity index (χ0) is 16.9. The summed E-state index contributed by atoms with van der Waals surface area (Å²) in [5.41, 5.74) is -0.207. The number of carbonyl (C=O) groups excluding carboxylic acids is 2. The van der Waals surface area contributed by atoms with Gasteiger partial charge in [-0.05, 0) is 0 Å². The lowest BCUT2D eigenvalue weighted by atomic mass is 10.3. The van der Waals surface area contributed by atoms with Gasteiger partial charge in [0.25, 0.3) is 5.91 Å². The Hall–Kier alpha value is -0.790. The minimum Gasteiger partial charge on any atom is -0.468 e. The van der Waals surface area contributed by atoms with Crippen LogP contribution in [0.15, 0.2) is 0 Å². The van der Waals surface area contributed by atoms with E-state index in [2.05, 4.69) is 9.72 Å². The summed E-state index contributed by atoms with van der Waals surface area (Å²) in [7, 11) is 2.67. The van der Waals surface area contributed by atoms with Gasteiger partial charge in [0.2, 0.25) is 0 Å². The SMILES string of the molecule is COCCN(CC(=O)OC)C(=O)c1nc(Cl)c(Cl)c(Cl)c1Cl. The van der Waals surface area contributed by atoms with E-state index < -0.39 is 11.9 Å². The second kappa shape index (κ2) is 8.74. The van der Waals surface area contributed by atoms with Crippen LogP contribution in [0.5, 0.6) is 0 Å². The molecule has 0 unspecified atom stereocenters. The second-order valence-electron chi connectivity index (χ2n) is 3.99. The average molecular weight is 390 g/mol. The molecule has 1 aromatic heterocycles. The molecule has 0 N–H and O–H groups in total. The summed E-state index contributed by atoms with van der Waals surface area (Å²) in [5, 5.41) is -0.449. The van der Waals surface area contributed by atoms with Crippen molar-refractivity contribution in [2.75, 3.05) is 33.9 Å². The summed E-state index contributed by atoms with van der Waals surface area (Å²) in [6.45, 7) is 0.0320. The zero-order valence-corrected chi connectivity index (χ0v) is 14.7. The third kappa shape index (κ3) is 4.60. The third-order valence-electron chi connectivity index (χ3n) is 2.59. The van der Waals surface area contributed by atoms with Crippen molar-refractivity contribution in [2.24, 2.45) is 0 Å². The zero-order valence-electron chi connectivity index (χ0n) is 11.7. The lowest BCUT2D eigenvalue weighted by Crippen LogP contribution is -2.39. The Morgan fingerprint density at radius 1 is 1.09 bits per heavy atom. The molecule has 122 valence electrons. The van der Waals surface area contributed by atoms with Crippen LogP contribution in [0.2, 0.25) is 20.2 Å². The van der Waals surface area contributed by atoms with Crippen LogP contribution in [0.1, 0.15) is 10.5 Å². The topological polar surface area (TPSA) is 68.7 Å². The number of aromatic nitrogens is 1. The molecule has 1 rings (SSSR count). The molecule has 0 radical (unpaired) electrons. The van der Waals surface area contributed by atoms with Gasteiger partial charge in [0, 0.05) is 13.7 Å². The first-order chi connectivity index (χ1) is 10.3. The van der Waals surface area contributed by atoms with Crippen molar-refractivity contribution >= 4 is 58.3 Å². The van der Waals surface area contributed by atoms with E-state index in [1.165, 1.54) is 14.2 Å². The Kier molecular flexibility index (Phi) is 7.65. The Balaban J connectivity index is 3.15. The minimum absolute atomic E-state index is 0.0544. The fourth-order valence-corrected chi connectivity index (χ4v) is 2.26. The monoisotopic (exact) mass is 388 g/mol. The summed E-state index contributed by atoms with van der Waals surface area (Å²) in [6, 6.07) is 0. The van der Waals surface area contributed by atoms with E-state index in [-0.39, 0.29) is 45.6 Å². The number of carbonyl (C=O) groups is 2. The van der Waals surface area contributed by atoms with Crippen molar-refractivity contribution in [2.45, 2.75) is 0 Å². The largest absolute Gasteiger partial charge is 0.468 e. The number of rotatable bonds is 6. The maximum atomic E-state index is 12.5. The highest BCUT2D eigenvalue weighted by Crippen LogP contribution is 2.36. The molecule has 0 saturated heterocycles. The summed E-state index contributed by atoms with van der Waals surface area (Å²) in [5.74, 6) is -1.25. The quantitative estimate of drug-likeness (QED) is 0.552. The normalized spacial score (nSPS) is 10.5. The molecule has 1 aromatic rings. The van der Waals surface area contributed by atoms with Crippen molar-refractivity contribution in [3.05, 3.63) is 25.9 Å². The molecule has 0 fully saturated rings. The van der Waals surface area contributed by atoms with Crippen LogP contribution in [-0.4, -0.2) is 55.7 Å². The molecule has 0 bridgehead atoms. The number of halogens is 4. The first kappa shape index (κ1) is 19.3. The maximum Gasteiger partial charge on any atom is 0.325 e. The summed E-state index contributed by atoms with van der Waals surface area (Å²) < 4.78 is 9.44. The molecule has 0 saturated carbocycles. The predicted molar refractivity (Wildman–Crippen MR) is 84.1 cm³/mol. The van der Waals surface area contributed by atoms with Gasteiger partial charge in [0.1, 0.15) is 17.4 Å². The fraction of sp³-hybridized carbons (Fsp3) is 0.417. The Morgan fingerprint density at radius 2 is 1.73 bits per heavy atom. The minimum atomic E-state index is -0.645. The van der Waals surface area contributed by atoms with Gasteiger partial charge >= 0.3 is 5.97 Å². The molecule has 0 aliphatic rings. The van der Waals surface area contributed by atoms with Crippen LogP contribution in [0.4, 0.5) is 0 Å². The second-order valence-corrected chi connectivity index (χ2v) is 5.48. The molecular weight excluding hydrogens is 378 g/mol. The van der Waals surface area contributed by atoms with E-state index in [4.69, 9.17) is 51.1 Å². The summed E-state index contributed by atoms with van der Waals surface area (Å²) >= 11 is 23.5. The molecule has 0 atom stereocenters. The summed E-state index contributed by atoms with van der Waals surface area (Å²) in [6.07, 6.45) is 0. The number of hydrogen-bond acceptors (Lipinski definition) is 5. The van der Waals surface area contributed by atoms with Crippen molar-refractivity contribution in [1.82, 2.24) is 9.88 Å². The predicted octanol–water partition coefficient (Wildman–Crippen LogP) is 2.96. The third-order valence-corrected chi connectivity index (χ3v) is 4.26. The first-order valence-electron chi connectivity index (χ1n) is 5.88. The number of methoxy groups -OCH3 is 2. The number of ether oxygens (including phenoxy) is 2. The molecule has 1 amide bonds. The highest BCUT2D eigenvalue weighted by atomic mass is 35.5. The van der Waals surface area contributed by atoms with Gasteiger partial charge in [0.15, 0.2) is 0 Å². The van der Waals surface area contributed by atoms with Crippen molar-refractivity contribution in [3.63, 3.8) is 0 Å². The number of esters is 1. The molecule has 0 aliphatic heterocycles. The van der Waals surface area contributed by atoms with Crippen LogP contribution < -0.4 is 0 Å². The van der Waals surface area contributed by atoms with Gasteiger partial charge in [-0.15, -0.1) is 0 Å². The van der Waals surface area contributed by atoms with Crippen molar-refractivity contribution in [3.8, 4) is 0 Å². The Labute approximate surface area is 147 Å². The molecule has 0 aromatic carbocycles. The van der Waals surface area contributed by atoms with E-state index in [0.29, 0.717) is 0 Å².